The standard InChI is InChI=1S/C17H19NO3/c1-21-12-15-10-6-5-9-14(15)11-18-16(17(19)20)13-7-3-2-4-8-13/h2-10,16,18H,11-12H2,1H3,(H,19,20). The Hall–Kier alpha value is -2.17. The van der Waals surface area contributed by atoms with Crippen LogP contribution < -0.4 is 5.32 Å². The van der Waals surface area contributed by atoms with Crippen LogP contribution >= 0.6 is 0 Å². The lowest BCUT2D eigenvalue weighted by Crippen LogP contribution is -2.28. The molecule has 0 saturated heterocycles. The summed E-state index contributed by atoms with van der Waals surface area (Å²) in [6.45, 7) is 0.992. The molecule has 1 unspecified atom stereocenters. The van der Waals surface area contributed by atoms with Crippen LogP contribution in [0.15, 0.2) is 54.6 Å². The molecule has 0 aliphatic heterocycles. The van der Waals surface area contributed by atoms with Gasteiger partial charge in [0.25, 0.3) is 0 Å². The molecule has 2 aromatic carbocycles. The highest BCUT2D eigenvalue weighted by atomic mass is 16.5. The molecule has 0 aromatic heterocycles. The number of ether oxygens (including phenoxy) is 1. The second-order valence-electron chi connectivity index (χ2n) is 4.76. The highest BCUT2D eigenvalue weighted by Crippen LogP contribution is 2.15. The second-order valence-corrected chi connectivity index (χ2v) is 4.76. The van der Waals surface area contributed by atoms with E-state index in [4.69, 9.17) is 4.74 Å². The van der Waals surface area contributed by atoms with E-state index >= 15 is 0 Å². The summed E-state index contributed by atoms with van der Waals surface area (Å²) in [6, 6.07) is 16.3. The van der Waals surface area contributed by atoms with Crippen molar-refractivity contribution in [3.8, 4) is 0 Å². The monoisotopic (exact) mass is 285 g/mol. The third-order valence-corrected chi connectivity index (χ3v) is 3.29. The van der Waals surface area contributed by atoms with Crippen LogP contribution in [0.2, 0.25) is 0 Å². The van der Waals surface area contributed by atoms with E-state index in [9.17, 15) is 9.90 Å². The summed E-state index contributed by atoms with van der Waals surface area (Å²) in [6.07, 6.45) is 0. The van der Waals surface area contributed by atoms with Crippen molar-refractivity contribution in [2.24, 2.45) is 0 Å². The second kappa shape index (κ2) is 7.57. The molecule has 1 atom stereocenters. The smallest absolute Gasteiger partial charge is 0.325 e. The highest BCUT2D eigenvalue weighted by Gasteiger charge is 2.18. The summed E-state index contributed by atoms with van der Waals surface area (Å²) in [5.41, 5.74) is 2.85. The van der Waals surface area contributed by atoms with Crippen molar-refractivity contribution >= 4 is 5.97 Å². The van der Waals surface area contributed by atoms with Crippen molar-refractivity contribution < 1.29 is 14.6 Å². The Morgan fingerprint density at radius 3 is 2.33 bits per heavy atom. The first kappa shape index (κ1) is 15.2. The van der Waals surface area contributed by atoms with E-state index in [0.29, 0.717) is 13.2 Å². The van der Waals surface area contributed by atoms with E-state index in [1.165, 1.54) is 0 Å². The maximum Gasteiger partial charge on any atom is 0.325 e. The first-order chi connectivity index (χ1) is 10.2. The van der Waals surface area contributed by atoms with E-state index < -0.39 is 12.0 Å². The summed E-state index contributed by atoms with van der Waals surface area (Å²) in [4.78, 5) is 11.4. The lowest BCUT2D eigenvalue weighted by atomic mass is 10.0. The van der Waals surface area contributed by atoms with Gasteiger partial charge in [-0.1, -0.05) is 54.6 Å². The van der Waals surface area contributed by atoms with Gasteiger partial charge in [0.1, 0.15) is 6.04 Å². The summed E-state index contributed by atoms with van der Waals surface area (Å²) >= 11 is 0. The molecule has 0 bridgehead atoms. The van der Waals surface area contributed by atoms with Crippen LogP contribution in [0.3, 0.4) is 0 Å². The summed E-state index contributed by atoms with van der Waals surface area (Å²) in [5, 5.41) is 12.5. The zero-order valence-corrected chi connectivity index (χ0v) is 12.0. The number of aliphatic carboxylic acids is 1. The quantitative estimate of drug-likeness (QED) is 0.821. The predicted molar refractivity (Wildman–Crippen MR) is 80.8 cm³/mol. The normalized spacial score (nSPS) is 12.0. The summed E-state index contributed by atoms with van der Waals surface area (Å²) < 4.78 is 5.16. The van der Waals surface area contributed by atoms with E-state index in [1.807, 2.05) is 54.6 Å². The molecule has 2 rings (SSSR count). The maximum atomic E-state index is 11.4. The van der Waals surface area contributed by atoms with Gasteiger partial charge in [-0.2, -0.15) is 0 Å². The third-order valence-electron chi connectivity index (χ3n) is 3.29. The molecule has 0 radical (unpaired) electrons. The van der Waals surface area contributed by atoms with Gasteiger partial charge in [-0.25, -0.2) is 0 Å². The van der Waals surface area contributed by atoms with Crippen LogP contribution in [0.1, 0.15) is 22.7 Å². The maximum absolute atomic E-state index is 11.4. The van der Waals surface area contributed by atoms with Crippen molar-refractivity contribution in [3.63, 3.8) is 0 Å². The van der Waals surface area contributed by atoms with Gasteiger partial charge in [0.2, 0.25) is 0 Å². The molecular formula is C17H19NO3. The van der Waals surface area contributed by atoms with Crippen LogP contribution in [0.4, 0.5) is 0 Å². The molecule has 2 N–H and O–H groups in total. The van der Waals surface area contributed by atoms with Gasteiger partial charge in [-0.3, -0.25) is 10.1 Å². The Labute approximate surface area is 124 Å². The minimum absolute atomic E-state index is 0.478. The molecule has 0 amide bonds. The van der Waals surface area contributed by atoms with Gasteiger partial charge in [-0.05, 0) is 16.7 Å². The zero-order valence-electron chi connectivity index (χ0n) is 12.0. The summed E-state index contributed by atoms with van der Waals surface area (Å²) in [5.74, 6) is -0.884. The van der Waals surface area contributed by atoms with Gasteiger partial charge in [-0.15, -0.1) is 0 Å². The number of rotatable bonds is 7. The van der Waals surface area contributed by atoms with Crippen LogP contribution in [-0.4, -0.2) is 18.2 Å². The number of carbonyl (C=O) groups is 1. The fraction of sp³-hybridized carbons (Fsp3) is 0.235. The van der Waals surface area contributed by atoms with E-state index in [2.05, 4.69) is 5.32 Å². The van der Waals surface area contributed by atoms with E-state index in [0.717, 1.165) is 16.7 Å². The van der Waals surface area contributed by atoms with Crippen LogP contribution in [0.5, 0.6) is 0 Å². The number of nitrogens with one attached hydrogen (secondary N) is 1. The Morgan fingerprint density at radius 1 is 1.10 bits per heavy atom. The van der Waals surface area contributed by atoms with Crippen LogP contribution in [0, 0.1) is 0 Å². The van der Waals surface area contributed by atoms with Crippen molar-refractivity contribution in [2.45, 2.75) is 19.2 Å². The van der Waals surface area contributed by atoms with Gasteiger partial charge in [0.15, 0.2) is 0 Å². The predicted octanol–water partition coefficient (Wildman–Crippen LogP) is 2.75. The van der Waals surface area contributed by atoms with Crippen molar-refractivity contribution in [1.82, 2.24) is 5.32 Å². The molecule has 21 heavy (non-hydrogen) atoms. The first-order valence-electron chi connectivity index (χ1n) is 6.79. The molecule has 4 heteroatoms. The number of carboxylic acids is 1. The van der Waals surface area contributed by atoms with Gasteiger partial charge in [0, 0.05) is 13.7 Å². The minimum atomic E-state index is -0.884. The molecule has 0 fully saturated rings. The van der Waals surface area contributed by atoms with E-state index in [1.54, 1.807) is 7.11 Å². The van der Waals surface area contributed by atoms with Crippen LogP contribution in [0.25, 0.3) is 0 Å². The van der Waals surface area contributed by atoms with Gasteiger partial charge < -0.3 is 9.84 Å². The molecule has 4 nitrogen and oxygen atoms in total. The fourth-order valence-electron chi connectivity index (χ4n) is 2.23. The topological polar surface area (TPSA) is 58.6 Å². The minimum Gasteiger partial charge on any atom is -0.480 e. The average molecular weight is 285 g/mol. The Balaban J connectivity index is 2.11. The van der Waals surface area contributed by atoms with Crippen molar-refractivity contribution in [1.29, 1.82) is 0 Å². The molecule has 0 aliphatic rings. The number of benzene rings is 2. The number of hydrogen-bond donors (Lipinski definition) is 2. The molecule has 110 valence electrons. The van der Waals surface area contributed by atoms with E-state index in [-0.39, 0.29) is 0 Å². The van der Waals surface area contributed by atoms with Gasteiger partial charge >= 0.3 is 5.97 Å². The highest BCUT2D eigenvalue weighted by molar-refractivity contribution is 5.75. The fourth-order valence-corrected chi connectivity index (χ4v) is 2.23. The first-order valence-corrected chi connectivity index (χ1v) is 6.79. The third kappa shape index (κ3) is 4.15. The zero-order chi connectivity index (χ0) is 15.1. The Bertz CT molecular complexity index is 584. The molecule has 2 aromatic rings. The molecule has 0 aliphatic carbocycles. The number of hydrogen-bond acceptors (Lipinski definition) is 3. The molecule has 0 heterocycles. The SMILES string of the molecule is COCc1ccccc1CNC(C(=O)O)c1ccccc1. The molecule has 0 saturated carbocycles. The lowest BCUT2D eigenvalue weighted by molar-refractivity contribution is -0.139. The molecular weight excluding hydrogens is 266 g/mol. The average Bonchev–Trinajstić information content (AvgIpc) is 2.50. The largest absolute Gasteiger partial charge is 0.480 e. The van der Waals surface area contributed by atoms with Gasteiger partial charge in [0.05, 0.1) is 6.61 Å². The Morgan fingerprint density at radius 2 is 1.71 bits per heavy atom. The lowest BCUT2D eigenvalue weighted by Gasteiger charge is -2.16. The van der Waals surface area contributed by atoms with Crippen molar-refractivity contribution in [3.05, 3.63) is 71.3 Å². The van der Waals surface area contributed by atoms with Crippen molar-refractivity contribution in [2.75, 3.05) is 7.11 Å². The Kier molecular flexibility index (Phi) is 5.49. The number of methoxy groups -OCH3 is 1. The number of carboxylic acid groups (broad SMARTS) is 1. The van der Waals surface area contributed by atoms with Crippen LogP contribution in [-0.2, 0) is 22.7 Å². The molecule has 0 spiro atoms. The summed E-state index contributed by atoms with van der Waals surface area (Å²) in [7, 11) is 1.65.